The zero-order valence-corrected chi connectivity index (χ0v) is 20.5. The fourth-order valence-electron chi connectivity index (χ4n) is 7.58. The first-order valence-corrected chi connectivity index (χ1v) is 12.9. The summed E-state index contributed by atoms with van der Waals surface area (Å²) in [6.07, 6.45) is 7.22. The highest BCUT2D eigenvalue weighted by Gasteiger charge is 2.51. The van der Waals surface area contributed by atoms with Gasteiger partial charge in [-0.15, -0.1) is 5.10 Å². The molecule has 4 bridgehead atoms. The van der Waals surface area contributed by atoms with Crippen LogP contribution in [0.2, 0.25) is 0 Å². The number of hydrogen-bond donors (Lipinski definition) is 2. The number of aryl methyl sites for hydroxylation is 1. The lowest BCUT2D eigenvalue weighted by atomic mass is 9.53. The molecule has 0 aliphatic heterocycles. The number of imidazole rings is 1. The van der Waals surface area contributed by atoms with Crippen LogP contribution in [0.5, 0.6) is 0 Å². The summed E-state index contributed by atoms with van der Waals surface area (Å²) >= 11 is 0. The van der Waals surface area contributed by atoms with E-state index in [-0.39, 0.29) is 5.54 Å². The molecule has 4 aromatic heterocycles. The van der Waals surface area contributed by atoms with Crippen molar-refractivity contribution < 1.29 is 8.78 Å². The first-order valence-electron chi connectivity index (χ1n) is 12.9. The summed E-state index contributed by atoms with van der Waals surface area (Å²) in [4.78, 5) is 14.0. The van der Waals surface area contributed by atoms with Gasteiger partial charge in [0.2, 0.25) is 5.95 Å². The molecular weight excluding hydrogens is 462 g/mol. The standard InChI is InChI=1S/C26H30F2N8/c1-14-30-20-4-3-19(31-24(20)35(14)13-21(27)28)18-5-6-36-22(18)23(29-2)32-25(34-36)33-26-10-15-7-16(11-26)9-17(8-15)12-26/h3-6,15-17,21H,7-13H2,1-2H3,(H2,29,32,33,34). The third kappa shape index (κ3) is 3.44. The molecule has 0 unspecified atom stereocenters. The largest absolute Gasteiger partial charge is 0.371 e. The molecule has 188 valence electrons. The monoisotopic (exact) mass is 492 g/mol. The van der Waals surface area contributed by atoms with Crippen LogP contribution >= 0.6 is 0 Å². The first-order chi connectivity index (χ1) is 17.4. The Kier molecular flexibility index (Phi) is 4.78. The van der Waals surface area contributed by atoms with Crippen LogP contribution in [0.1, 0.15) is 44.3 Å². The fraction of sp³-hybridized carbons (Fsp3) is 0.538. The molecule has 4 aromatic rings. The van der Waals surface area contributed by atoms with Gasteiger partial charge >= 0.3 is 0 Å². The predicted octanol–water partition coefficient (Wildman–Crippen LogP) is 5.14. The average molecular weight is 493 g/mol. The molecule has 4 aliphatic carbocycles. The molecule has 4 fully saturated rings. The maximum atomic E-state index is 13.2. The Morgan fingerprint density at radius 3 is 2.42 bits per heavy atom. The highest BCUT2D eigenvalue weighted by molar-refractivity contribution is 5.89. The summed E-state index contributed by atoms with van der Waals surface area (Å²) in [5.41, 5.74) is 3.48. The summed E-state index contributed by atoms with van der Waals surface area (Å²) in [5, 5.41) is 11.9. The van der Waals surface area contributed by atoms with Crippen LogP contribution in [0.4, 0.5) is 20.5 Å². The molecule has 0 amide bonds. The highest BCUT2D eigenvalue weighted by Crippen LogP contribution is 2.56. The molecule has 0 saturated heterocycles. The van der Waals surface area contributed by atoms with Crippen molar-refractivity contribution in [1.29, 1.82) is 0 Å². The van der Waals surface area contributed by atoms with Gasteiger partial charge in [0.15, 0.2) is 11.5 Å². The smallest absolute Gasteiger partial charge is 0.256 e. The molecule has 0 aromatic carbocycles. The van der Waals surface area contributed by atoms with Gasteiger partial charge < -0.3 is 15.2 Å². The van der Waals surface area contributed by atoms with E-state index in [1.54, 1.807) is 6.92 Å². The normalized spacial score (nSPS) is 27.0. The molecule has 0 spiro atoms. The van der Waals surface area contributed by atoms with E-state index in [9.17, 15) is 8.78 Å². The minimum absolute atomic E-state index is 0.108. The van der Waals surface area contributed by atoms with E-state index in [1.165, 1.54) is 43.1 Å². The third-order valence-corrected chi connectivity index (χ3v) is 8.54. The second kappa shape index (κ2) is 7.85. The number of pyridine rings is 1. The Hall–Kier alpha value is -3.30. The van der Waals surface area contributed by atoms with E-state index >= 15 is 0 Å². The van der Waals surface area contributed by atoms with Crippen molar-refractivity contribution in [2.45, 2.75) is 64.0 Å². The van der Waals surface area contributed by atoms with E-state index in [0.717, 1.165) is 28.8 Å². The average Bonchev–Trinajstić information content (AvgIpc) is 3.37. The van der Waals surface area contributed by atoms with Crippen molar-refractivity contribution in [3.05, 3.63) is 30.2 Å². The minimum Gasteiger partial charge on any atom is -0.371 e. The fourth-order valence-corrected chi connectivity index (χ4v) is 7.58. The topological polar surface area (TPSA) is 85.0 Å². The van der Waals surface area contributed by atoms with E-state index in [4.69, 9.17) is 15.1 Å². The van der Waals surface area contributed by atoms with E-state index < -0.39 is 13.0 Å². The van der Waals surface area contributed by atoms with Gasteiger partial charge in [0, 0.05) is 24.3 Å². The Balaban J connectivity index is 1.27. The van der Waals surface area contributed by atoms with Crippen molar-refractivity contribution in [2.75, 3.05) is 17.7 Å². The van der Waals surface area contributed by atoms with Crippen molar-refractivity contribution in [3.63, 3.8) is 0 Å². The van der Waals surface area contributed by atoms with Crippen LogP contribution in [0.15, 0.2) is 24.4 Å². The Labute approximate surface area is 207 Å². The van der Waals surface area contributed by atoms with Crippen molar-refractivity contribution in [1.82, 2.24) is 29.1 Å². The number of fused-ring (bicyclic) bond motifs is 2. The number of nitrogens with one attached hydrogen (secondary N) is 2. The van der Waals surface area contributed by atoms with Gasteiger partial charge in [-0.1, -0.05) is 0 Å². The van der Waals surface area contributed by atoms with Crippen LogP contribution in [0, 0.1) is 24.7 Å². The molecule has 2 N–H and O–H groups in total. The second-order valence-corrected chi connectivity index (χ2v) is 11.1. The number of alkyl halides is 2. The minimum atomic E-state index is -2.48. The summed E-state index contributed by atoms with van der Waals surface area (Å²) in [7, 11) is 1.85. The van der Waals surface area contributed by atoms with Crippen LogP contribution in [0.25, 0.3) is 27.9 Å². The lowest BCUT2D eigenvalue weighted by Gasteiger charge is -2.56. The highest BCUT2D eigenvalue weighted by atomic mass is 19.3. The third-order valence-electron chi connectivity index (χ3n) is 8.54. The zero-order valence-electron chi connectivity index (χ0n) is 20.5. The van der Waals surface area contributed by atoms with Crippen LogP contribution in [-0.2, 0) is 6.54 Å². The number of rotatable bonds is 6. The quantitative estimate of drug-likeness (QED) is 0.388. The number of anilines is 2. The molecule has 4 aliphatic rings. The van der Waals surface area contributed by atoms with Crippen molar-refractivity contribution >= 4 is 28.4 Å². The van der Waals surface area contributed by atoms with Gasteiger partial charge in [-0.25, -0.2) is 23.3 Å². The lowest BCUT2D eigenvalue weighted by Crippen LogP contribution is -2.55. The maximum absolute atomic E-state index is 13.2. The summed E-state index contributed by atoms with van der Waals surface area (Å²) in [6.45, 7) is 1.29. The van der Waals surface area contributed by atoms with Gasteiger partial charge in [0.25, 0.3) is 6.43 Å². The van der Waals surface area contributed by atoms with Gasteiger partial charge in [-0.05, 0) is 81.4 Å². The predicted molar refractivity (Wildman–Crippen MR) is 134 cm³/mol. The van der Waals surface area contributed by atoms with Crippen LogP contribution in [-0.4, -0.2) is 48.1 Å². The first kappa shape index (κ1) is 21.9. The molecule has 4 heterocycles. The lowest BCUT2D eigenvalue weighted by molar-refractivity contribution is 0.0103. The van der Waals surface area contributed by atoms with E-state index in [2.05, 4.69) is 15.6 Å². The van der Waals surface area contributed by atoms with Gasteiger partial charge in [0.1, 0.15) is 16.9 Å². The van der Waals surface area contributed by atoms with E-state index in [0.29, 0.717) is 34.4 Å². The second-order valence-electron chi connectivity index (χ2n) is 11.1. The molecule has 8 nitrogen and oxygen atoms in total. The molecule has 36 heavy (non-hydrogen) atoms. The Bertz CT molecular complexity index is 1440. The molecule has 0 atom stereocenters. The number of hydrogen-bond acceptors (Lipinski definition) is 6. The summed E-state index contributed by atoms with van der Waals surface area (Å²) in [6, 6.07) is 5.66. The van der Waals surface area contributed by atoms with Gasteiger partial charge in [0.05, 0.1) is 12.2 Å². The van der Waals surface area contributed by atoms with Crippen LogP contribution < -0.4 is 10.6 Å². The zero-order chi connectivity index (χ0) is 24.6. The van der Waals surface area contributed by atoms with Crippen LogP contribution in [0.3, 0.4) is 0 Å². The molecular formula is C26H30F2N8. The molecule has 8 rings (SSSR count). The number of halogens is 2. The maximum Gasteiger partial charge on any atom is 0.256 e. The molecule has 0 radical (unpaired) electrons. The number of aromatic nitrogens is 6. The number of nitrogens with zero attached hydrogens (tertiary/aromatic N) is 6. The van der Waals surface area contributed by atoms with Crippen molar-refractivity contribution in [3.8, 4) is 11.3 Å². The summed E-state index contributed by atoms with van der Waals surface area (Å²) < 4.78 is 29.7. The molecule has 4 saturated carbocycles. The SMILES string of the molecule is CNc1nc(NC23CC4CC(CC(C4)C2)C3)nn2ccc(-c3ccc4nc(C)n(CC(F)F)c4n3)c12. The Morgan fingerprint density at radius 2 is 1.75 bits per heavy atom. The van der Waals surface area contributed by atoms with Crippen molar-refractivity contribution in [2.24, 2.45) is 17.8 Å². The molecule has 10 heteroatoms. The van der Waals surface area contributed by atoms with Gasteiger partial charge in [-0.3, -0.25) is 0 Å². The summed E-state index contributed by atoms with van der Waals surface area (Å²) in [5.74, 6) is 4.37. The Morgan fingerprint density at radius 1 is 1.03 bits per heavy atom. The van der Waals surface area contributed by atoms with E-state index in [1.807, 2.05) is 36.0 Å². The van der Waals surface area contributed by atoms with Gasteiger partial charge in [-0.2, -0.15) is 4.98 Å².